The molecule has 0 atom stereocenters. The van der Waals surface area contributed by atoms with Crippen molar-refractivity contribution in [1.29, 1.82) is 0 Å². The molecule has 0 bridgehead atoms. The van der Waals surface area contributed by atoms with E-state index < -0.39 is 0 Å². The zero-order chi connectivity index (χ0) is 14.0. The fraction of sp³-hybridized carbons (Fsp3) is 0.467. The maximum atomic E-state index is 5.81. The highest BCUT2D eigenvalue weighted by Gasteiger charge is 2.32. The van der Waals surface area contributed by atoms with Crippen molar-refractivity contribution in [3.63, 3.8) is 0 Å². The molecule has 0 unspecified atom stereocenters. The number of nitrogens with two attached hydrogens (primary N) is 1. The first kappa shape index (κ1) is 13.5. The Bertz CT molecular complexity index is 608. The van der Waals surface area contributed by atoms with E-state index in [1.807, 2.05) is 30.0 Å². The quantitative estimate of drug-likeness (QED) is 0.845. The second-order valence-corrected chi connectivity index (χ2v) is 6.72. The summed E-state index contributed by atoms with van der Waals surface area (Å²) in [5, 5.41) is 4.57. The monoisotopic (exact) mass is 288 g/mol. The number of hydrogen-bond acceptors (Lipinski definition) is 5. The Morgan fingerprint density at radius 1 is 1.30 bits per heavy atom. The second kappa shape index (κ2) is 5.48. The van der Waals surface area contributed by atoms with Gasteiger partial charge in [-0.1, -0.05) is 12.8 Å². The number of nitrogens with one attached hydrogen (secondary N) is 1. The third kappa shape index (κ3) is 2.54. The van der Waals surface area contributed by atoms with E-state index in [2.05, 4.69) is 21.5 Å². The Labute approximate surface area is 123 Å². The van der Waals surface area contributed by atoms with Crippen LogP contribution in [-0.4, -0.2) is 27.5 Å². The summed E-state index contributed by atoms with van der Waals surface area (Å²) >= 11 is 1.98. The van der Waals surface area contributed by atoms with E-state index in [-0.39, 0.29) is 0 Å². The van der Waals surface area contributed by atoms with Crippen molar-refractivity contribution in [2.75, 3.05) is 23.9 Å². The maximum absolute atomic E-state index is 5.81. The lowest BCUT2D eigenvalue weighted by Gasteiger charge is -2.27. The Balaban J connectivity index is 1.84. The average molecular weight is 288 g/mol. The smallest absolute Gasteiger partial charge is 0.137 e. The molecule has 1 fully saturated rings. The molecule has 0 amide bonds. The lowest BCUT2D eigenvalue weighted by atomic mass is 10.1. The summed E-state index contributed by atoms with van der Waals surface area (Å²) in [6.07, 6.45) is 9.07. The van der Waals surface area contributed by atoms with Crippen molar-refractivity contribution in [3.05, 3.63) is 24.5 Å². The number of anilines is 2. The van der Waals surface area contributed by atoms with Crippen molar-refractivity contribution in [3.8, 4) is 0 Å². The molecule has 1 saturated carbocycles. The number of nitrogens with zero attached hydrogens (tertiary/aromatic N) is 2. The van der Waals surface area contributed by atoms with E-state index in [1.165, 1.54) is 25.7 Å². The minimum absolute atomic E-state index is 0.366. The summed E-state index contributed by atoms with van der Waals surface area (Å²) < 4.78 is 0.366. The van der Waals surface area contributed by atoms with Crippen LogP contribution in [0.2, 0.25) is 0 Å². The molecule has 5 heteroatoms. The highest BCUT2D eigenvalue weighted by molar-refractivity contribution is 8.00. The lowest BCUT2D eigenvalue weighted by molar-refractivity contribution is 0.639. The normalized spacial score (nSPS) is 17.4. The van der Waals surface area contributed by atoms with Crippen molar-refractivity contribution in [2.24, 2.45) is 0 Å². The number of rotatable bonds is 4. The Morgan fingerprint density at radius 2 is 2.10 bits per heavy atom. The number of aromatic nitrogens is 2. The SMILES string of the molecule is CSC1(CNc2ncnc3cc(N)ccc23)CCCC1. The average Bonchev–Trinajstić information content (AvgIpc) is 2.94. The maximum Gasteiger partial charge on any atom is 0.137 e. The van der Waals surface area contributed by atoms with Crippen LogP contribution in [0.1, 0.15) is 25.7 Å². The van der Waals surface area contributed by atoms with E-state index in [0.29, 0.717) is 4.75 Å². The molecule has 1 aliphatic rings. The summed E-state index contributed by atoms with van der Waals surface area (Å²) in [4.78, 5) is 8.67. The molecule has 106 valence electrons. The minimum atomic E-state index is 0.366. The topological polar surface area (TPSA) is 63.8 Å². The van der Waals surface area contributed by atoms with Gasteiger partial charge >= 0.3 is 0 Å². The van der Waals surface area contributed by atoms with Gasteiger partial charge < -0.3 is 11.1 Å². The second-order valence-electron chi connectivity index (χ2n) is 5.45. The van der Waals surface area contributed by atoms with Crippen LogP contribution >= 0.6 is 11.8 Å². The number of hydrogen-bond donors (Lipinski definition) is 2. The molecule has 1 aromatic heterocycles. The summed E-state index contributed by atoms with van der Waals surface area (Å²) in [6.45, 7) is 0.963. The Hall–Kier alpha value is -1.49. The number of nitrogen functional groups attached to an aromatic ring is 1. The molecule has 0 aliphatic heterocycles. The molecule has 1 aliphatic carbocycles. The molecule has 1 heterocycles. The van der Waals surface area contributed by atoms with Crippen molar-refractivity contribution < 1.29 is 0 Å². The molecule has 0 radical (unpaired) electrons. The molecular formula is C15H20N4S. The van der Waals surface area contributed by atoms with Crippen LogP contribution in [0.25, 0.3) is 10.9 Å². The predicted molar refractivity (Wildman–Crippen MR) is 87.2 cm³/mol. The third-order valence-corrected chi connectivity index (χ3v) is 5.60. The molecular weight excluding hydrogens is 268 g/mol. The van der Waals surface area contributed by atoms with Gasteiger partial charge in [-0.25, -0.2) is 9.97 Å². The molecule has 4 nitrogen and oxygen atoms in total. The summed E-state index contributed by atoms with van der Waals surface area (Å²) in [5.74, 6) is 0.912. The van der Waals surface area contributed by atoms with E-state index in [9.17, 15) is 0 Å². The summed E-state index contributed by atoms with van der Waals surface area (Å²) in [7, 11) is 0. The van der Waals surface area contributed by atoms with Gasteiger partial charge in [-0.2, -0.15) is 11.8 Å². The van der Waals surface area contributed by atoms with E-state index in [4.69, 9.17) is 5.73 Å². The van der Waals surface area contributed by atoms with Gasteiger partial charge in [0, 0.05) is 22.4 Å². The standard InChI is InChI=1S/C15H20N4S/c1-20-15(6-2-3-7-15)9-17-14-12-5-4-11(16)8-13(12)18-10-19-14/h4-5,8,10H,2-3,6-7,9,16H2,1H3,(H,17,18,19). The van der Waals surface area contributed by atoms with Crippen LogP contribution in [0.3, 0.4) is 0 Å². The van der Waals surface area contributed by atoms with Gasteiger partial charge in [-0.05, 0) is 37.3 Å². The zero-order valence-corrected chi connectivity index (χ0v) is 12.5. The van der Waals surface area contributed by atoms with Crippen LogP contribution < -0.4 is 11.1 Å². The first-order chi connectivity index (χ1) is 9.72. The molecule has 0 saturated heterocycles. The molecule has 2 aromatic rings. The van der Waals surface area contributed by atoms with Crippen LogP contribution in [0.4, 0.5) is 11.5 Å². The Kier molecular flexibility index (Phi) is 3.70. The van der Waals surface area contributed by atoms with Gasteiger partial charge in [-0.3, -0.25) is 0 Å². The van der Waals surface area contributed by atoms with Gasteiger partial charge in [0.15, 0.2) is 0 Å². The fourth-order valence-corrected chi connectivity index (χ4v) is 3.85. The summed E-state index contributed by atoms with van der Waals surface area (Å²) in [6, 6.07) is 5.78. The number of thioether (sulfide) groups is 1. The predicted octanol–water partition coefficient (Wildman–Crippen LogP) is 3.30. The fourth-order valence-electron chi connectivity index (χ4n) is 2.93. The van der Waals surface area contributed by atoms with Gasteiger partial charge in [-0.15, -0.1) is 0 Å². The first-order valence-electron chi connectivity index (χ1n) is 7.02. The van der Waals surface area contributed by atoms with Gasteiger partial charge in [0.2, 0.25) is 0 Å². The minimum Gasteiger partial charge on any atom is -0.399 e. The van der Waals surface area contributed by atoms with E-state index >= 15 is 0 Å². The molecule has 3 rings (SSSR count). The Morgan fingerprint density at radius 3 is 2.85 bits per heavy atom. The molecule has 0 spiro atoms. The van der Waals surface area contributed by atoms with E-state index in [1.54, 1.807) is 6.33 Å². The zero-order valence-electron chi connectivity index (χ0n) is 11.7. The van der Waals surface area contributed by atoms with Gasteiger partial charge in [0.25, 0.3) is 0 Å². The number of fused-ring (bicyclic) bond motifs is 1. The van der Waals surface area contributed by atoms with Crippen LogP contribution in [0.15, 0.2) is 24.5 Å². The largest absolute Gasteiger partial charge is 0.399 e. The van der Waals surface area contributed by atoms with Crippen molar-refractivity contribution in [2.45, 2.75) is 30.4 Å². The molecule has 20 heavy (non-hydrogen) atoms. The molecule has 3 N–H and O–H groups in total. The van der Waals surface area contributed by atoms with Gasteiger partial charge in [0.1, 0.15) is 12.1 Å². The summed E-state index contributed by atoms with van der Waals surface area (Å²) in [5.41, 5.74) is 7.44. The highest BCUT2D eigenvalue weighted by atomic mass is 32.2. The highest BCUT2D eigenvalue weighted by Crippen LogP contribution is 2.40. The van der Waals surface area contributed by atoms with Gasteiger partial charge in [0.05, 0.1) is 5.52 Å². The lowest BCUT2D eigenvalue weighted by Crippen LogP contribution is -2.30. The van der Waals surface area contributed by atoms with Crippen LogP contribution in [0, 0.1) is 0 Å². The van der Waals surface area contributed by atoms with Crippen LogP contribution in [0.5, 0.6) is 0 Å². The molecule has 1 aromatic carbocycles. The third-order valence-electron chi connectivity index (χ3n) is 4.19. The number of benzene rings is 1. The van der Waals surface area contributed by atoms with E-state index in [0.717, 1.165) is 29.0 Å². The van der Waals surface area contributed by atoms with Crippen LogP contribution in [-0.2, 0) is 0 Å². The first-order valence-corrected chi connectivity index (χ1v) is 8.24. The van der Waals surface area contributed by atoms with Crippen molar-refractivity contribution in [1.82, 2.24) is 9.97 Å². The van der Waals surface area contributed by atoms with Crippen molar-refractivity contribution >= 4 is 34.2 Å².